The maximum absolute atomic E-state index is 11.4. The summed E-state index contributed by atoms with van der Waals surface area (Å²) in [5, 5.41) is 9.70. The number of carbonyl (C=O) groups excluding carboxylic acids is 1. The van der Waals surface area contributed by atoms with Crippen molar-refractivity contribution in [3.63, 3.8) is 0 Å². The minimum atomic E-state index is -1.02. The summed E-state index contributed by atoms with van der Waals surface area (Å²) in [4.78, 5) is 35.7. The molecule has 1 rings (SSSR count). The van der Waals surface area contributed by atoms with Gasteiger partial charge >= 0.3 is 5.69 Å². The van der Waals surface area contributed by atoms with E-state index in [0.717, 1.165) is 4.57 Å². The fourth-order valence-electron chi connectivity index (χ4n) is 1.38. The van der Waals surface area contributed by atoms with Gasteiger partial charge in [-0.3, -0.25) is 19.1 Å². The first-order valence-corrected chi connectivity index (χ1v) is 4.76. The Labute approximate surface area is 90.5 Å². The molecular weight excluding hydrogens is 214 g/mol. The van der Waals surface area contributed by atoms with Crippen LogP contribution in [0.25, 0.3) is 0 Å². The zero-order valence-corrected chi connectivity index (χ0v) is 8.98. The number of hydrogen-bond donors (Lipinski definition) is 3. The predicted octanol–water partition coefficient (Wildman–Crippen LogP) is -1.15. The van der Waals surface area contributed by atoms with Crippen LogP contribution in [0.3, 0.4) is 0 Å². The van der Waals surface area contributed by atoms with Gasteiger partial charge in [0.1, 0.15) is 6.04 Å². The topological polar surface area (TPSA) is 118 Å². The van der Waals surface area contributed by atoms with Gasteiger partial charge in [0, 0.05) is 0 Å². The summed E-state index contributed by atoms with van der Waals surface area (Å²) >= 11 is 0. The minimum absolute atomic E-state index is 0.0488. The molecule has 1 aromatic rings. The number of primary amides is 1. The molecule has 4 N–H and O–H groups in total. The van der Waals surface area contributed by atoms with Crippen molar-refractivity contribution in [1.29, 1.82) is 0 Å². The van der Waals surface area contributed by atoms with Crippen LogP contribution in [0.1, 0.15) is 25.5 Å². The van der Waals surface area contributed by atoms with Crippen LogP contribution in [0, 0.1) is 0 Å². The number of aromatic amines is 1. The summed E-state index contributed by atoms with van der Waals surface area (Å²) in [5.74, 6) is -1.28. The quantitative estimate of drug-likeness (QED) is 0.604. The smallest absolute Gasteiger partial charge is 0.331 e. The van der Waals surface area contributed by atoms with Crippen molar-refractivity contribution in [1.82, 2.24) is 9.55 Å². The van der Waals surface area contributed by atoms with E-state index in [0.29, 0.717) is 0 Å². The van der Waals surface area contributed by atoms with E-state index in [9.17, 15) is 19.5 Å². The van der Waals surface area contributed by atoms with E-state index < -0.39 is 29.1 Å². The maximum Gasteiger partial charge on any atom is 0.331 e. The van der Waals surface area contributed by atoms with E-state index >= 15 is 0 Å². The van der Waals surface area contributed by atoms with Gasteiger partial charge in [0.15, 0.2) is 0 Å². The molecule has 7 heteroatoms. The highest BCUT2D eigenvalue weighted by Gasteiger charge is 2.20. The number of nitrogens with two attached hydrogens (primary N) is 1. The summed E-state index contributed by atoms with van der Waals surface area (Å²) in [7, 11) is 0. The Hall–Kier alpha value is -2.05. The molecule has 1 amide bonds. The highest BCUT2D eigenvalue weighted by atomic mass is 16.3. The van der Waals surface area contributed by atoms with Crippen LogP contribution in [0.4, 0.5) is 0 Å². The van der Waals surface area contributed by atoms with E-state index in [1.807, 2.05) is 4.98 Å². The number of nitrogens with zero attached hydrogens (tertiary/aromatic N) is 1. The van der Waals surface area contributed by atoms with Gasteiger partial charge in [0.2, 0.25) is 11.8 Å². The number of aromatic hydroxyl groups is 1. The Balaban J connectivity index is 3.58. The molecule has 7 nitrogen and oxygen atoms in total. The van der Waals surface area contributed by atoms with Crippen LogP contribution < -0.4 is 17.0 Å². The first-order chi connectivity index (χ1) is 7.40. The molecule has 0 saturated heterocycles. The first-order valence-electron chi connectivity index (χ1n) is 4.76. The van der Waals surface area contributed by atoms with Gasteiger partial charge in [-0.25, -0.2) is 4.79 Å². The second-order valence-electron chi connectivity index (χ2n) is 3.36. The van der Waals surface area contributed by atoms with E-state index in [1.165, 1.54) is 6.92 Å². The third-order valence-corrected chi connectivity index (χ3v) is 2.36. The van der Waals surface area contributed by atoms with E-state index in [4.69, 9.17) is 5.73 Å². The van der Waals surface area contributed by atoms with E-state index in [-0.39, 0.29) is 12.0 Å². The maximum atomic E-state index is 11.4. The van der Waals surface area contributed by atoms with Gasteiger partial charge in [-0.15, -0.1) is 0 Å². The van der Waals surface area contributed by atoms with Gasteiger partial charge in [0.05, 0.1) is 5.56 Å². The molecule has 1 atom stereocenters. The minimum Gasteiger partial charge on any atom is -0.494 e. The first kappa shape index (κ1) is 12.0. The van der Waals surface area contributed by atoms with Crippen molar-refractivity contribution < 1.29 is 9.90 Å². The van der Waals surface area contributed by atoms with Gasteiger partial charge in [0.25, 0.3) is 5.56 Å². The fraction of sp³-hybridized carbons (Fsp3) is 0.444. The second kappa shape index (κ2) is 4.21. The lowest BCUT2D eigenvalue weighted by Crippen LogP contribution is -2.37. The lowest BCUT2D eigenvalue weighted by molar-refractivity contribution is -0.120. The standard InChI is InChI=1S/C9H13N3O4/c1-3-5-7(14)11-9(16)12(8(5)15)4(2)6(10)13/h4,15H,3H2,1-2H3,(H2,10,13)(H,11,14,16). The van der Waals surface area contributed by atoms with Crippen molar-refractivity contribution in [2.75, 3.05) is 0 Å². The van der Waals surface area contributed by atoms with Crippen molar-refractivity contribution in [2.24, 2.45) is 5.73 Å². The van der Waals surface area contributed by atoms with Crippen molar-refractivity contribution in [2.45, 2.75) is 26.3 Å². The van der Waals surface area contributed by atoms with Crippen molar-refractivity contribution in [3.05, 3.63) is 26.4 Å². The number of nitrogens with one attached hydrogen (secondary N) is 1. The van der Waals surface area contributed by atoms with Gasteiger partial charge in [-0.2, -0.15) is 0 Å². The third-order valence-electron chi connectivity index (χ3n) is 2.36. The molecule has 0 radical (unpaired) electrons. The molecule has 1 unspecified atom stereocenters. The summed E-state index contributed by atoms with van der Waals surface area (Å²) in [6.07, 6.45) is 0.243. The molecule has 0 saturated carbocycles. The number of amides is 1. The van der Waals surface area contributed by atoms with Crippen LogP contribution >= 0.6 is 0 Å². The van der Waals surface area contributed by atoms with Crippen molar-refractivity contribution in [3.8, 4) is 5.88 Å². The van der Waals surface area contributed by atoms with Gasteiger partial charge < -0.3 is 10.8 Å². The zero-order valence-electron chi connectivity index (χ0n) is 8.98. The number of rotatable bonds is 3. The predicted molar refractivity (Wildman–Crippen MR) is 56.3 cm³/mol. The molecule has 0 aliphatic rings. The molecule has 1 aromatic heterocycles. The molecule has 88 valence electrons. The molecule has 0 fully saturated rings. The molecule has 0 aromatic carbocycles. The molecule has 0 bridgehead atoms. The summed E-state index contributed by atoms with van der Waals surface area (Å²) in [5.41, 5.74) is 3.57. The Morgan fingerprint density at radius 2 is 2.12 bits per heavy atom. The van der Waals surface area contributed by atoms with Crippen molar-refractivity contribution >= 4 is 5.91 Å². The normalized spacial score (nSPS) is 12.4. The highest BCUT2D eigenvalue weighted by molar-refractivity contribution is 5.78. The summed E-state index contributed by atoms with van der Waals surface area (Å²) in [6.45, 7) is 3.01. The van der Waals surface area contributed by atoms with Crippen LogP contribution in [0.5, 0.6) is 5.88 Å². The number of H-pyrrole nitrogens is 1. The van der Waals surface area contributed by atoms with Crippen LogP contribution in [0.15, 0.2) is 9.59 Å². The lowest BCUT2D eigenvalue weighted by Gasteiger charge is -2.14. The average molecular weight is 227 g/mol. The van der Waals surface area contributed by atoms with Gasteiger partial charge in [-0.05, 0) is 13.3 Å². The highest BCUT2D eigenvalue weighted by Crippen LogP contribution is 2.15. The molecule has 0 spiro atoms. The molecule has 0 aliphatic carbocycles. The lowest BCUT2D eigenvalue weighted by atomic mass is 10.2. The largest absolute Gasteiger partial charge is 0.494 e. The monoisotopic (exact) mass is 227 g/mol. The number of hydrogen-bond acceptors (Lipinski definition) is 4. The fourth-order valence-corrected chi connectivity index (χ4v) is 1.38. The second-order valence-corrected chi connectivity index (χ2v) is 3.36. The molecule has 16 heavy (non-hydrogen) atoms. The van der Waals surface area contributed by atoms with Crippen LogP contribution in [0.2, 0.25) is 0 Å². The summed E-state index contributed by atoms with van der Waals surface area (Å²) in [6, 6.07) is -1.02. The summed E-state index contributed by atoms with van der Waals surface area (Å²) < 4.78 is 0.766. The van der Waals surface area contributed by atoms with Gasteiger partial charge in [-0.1, -0.05) is 6.92 Å². The molecule has 0 aliphatic heterocycles. The Morgan fingerprint density at radius 3 is 2.56 bits per heavy atom. The Bertz CT molecular complexity index is 529. The average Bonchev–Trinajstić information content (AvgIpc) is 2.17. The zero-order chi connectivity index (χ0) is 12.5. The molecule has 1 heterocycles. The van der Waals surface area contributed by atoms with E-state index in [1.54, 1.807) is 6.92 Å². The van der Waals surface area contributed by atoms with E-state index in [2.05, 4.69) is 0 Å². The Kier molecular flexibility index (Phi) is 3.17. The van der Waals surface area contributed by atoms with Crippen LogP contribution in [-0.4, -0.2) is 20.6 Å². The third kappa shape index (κ3) is 1.83. The molecular formula is C9H13N3O4. The number of carbonyl (C=O) groups is 1. The Morgan fingerprint density at radius 1 is 1.56 bits per heavy atom. The van der Waals surface area contributed by atoms with Crippen LogP contribution in [-0.2, 0) is 11.2 Å². The number of aromatic nitrogens is 2. The SMILES string of the molecule is CCc1c(O)n(C(C)C(N)=O)c(=O)[nH]c1=O.